The molecule has 1 aliphatic heterocycles. The van der Waals surface area contributed by atoms with Gasteiger partial charge in [0, 0.05) is 11.1 Å². The summed E-state index contributed by atoms with van der Waals surface area (Å²) in [6.07, 6.45) is -9.57. The molecule has 0 aromatic heterocycles. The van der Waals surface area contributed by atoms with Gasteiger partial charge in [-0.15, -0.1) is 0 Å². The van der Waals surface area contributed by atoms with Gasteiger partial charge in [-0.3, -0.25) is 9.59 Å². The molecule has 1 aliphatic rings. The van der Waals surface area contributed by atoms with Crippen LogP contribution in [0.1, 0.15) is 31.1 Å². The van der Waals surface area contributed by atoms with E-state index in [1.807, 2.05) is 0 Å². The van der Waals surface area contributed by atoms with E-state index in [2.05, 4.69) is 0 Å². The third kappa shape index (κ3) is 4.58. The van der Waals surface area contributed by atoms with Crippen LogP contribution in [0.5, 0.6) is 0 Å². The molecule has 0 amide bonds. The van der Waals surface area contributed by atoms with E-state index in [1.165, 1.54) is 60.7 Å². The van der Waals surface area contributed by atoms with E-state index in [9.17, 15) is 34.8 Å². The first-order chi connectivity index (χ1) is 17.3. The highest BCUT2D eigenvalue weighted by molar-refractivity contribution is 6.16. The zero-order valence-corrected chi connectivity index (χ0v) is 18.8. The highest BCUT2D eigenvalue weighted by Gasteiger charge is 2.67. The van der Waals surface area contributed by atoms with Gasteiger partial charge >= 0.3 is 5.97 Å². The zero-order valence-electron chi connectivity index (χ0n) is 18.8. The van der Waals surface area contributed by atoms with Gasteiger partial charge in [-0.2, -0.15) is 0 Å². The minimum absolute atomic E-state index is 0.00302. The molecular weight excluding hydrogens is 468 g/mol. The molecule has 4 N–H and O–H groups in total. The molecule has 1 saturated heterocycles. The summed E-state index contributed by atoms with van der Waals surface area (Å²) >= 11 is 0. The van der Waals surface area contributed by atoms with Crippen LogP contribution < -0.4 is 0 Å². The second kappa shape index (κ2) is 10.5. The van der Waals surface area contributed by atoms with E-state index in [0.717, 1.165) is 0 Å². The van der Waals surface area contributed by atoms with Crippen molar-refractivity contribution >= 4 is 17.5 Å². The van der Waals surface area contributed by atoms with E-state index in [4.69, 9.17) is 9.47 Å². The highest BCUT2D eigenvalue weighted by atomic mass is 16.6. The zero-order chi connectivity index (χ0) is 25.9. The minimum Gasteiger partial charge on any atom is -0.440 e. The second-order valence-electron chi connectivity index (χ2n) is 8.14. The van der Waals surface area contributed by atoms with Crippen molar-refractivity contribution in [3.63, 3.8) is 0 Å². The third-order valence-corrected chi connectivity index (χ3v) is 5.84. The lowest BCUT2D eigenvalue weighted by molar-refractivity contribution is -0.252. The number of esters is 1. The molecule has 36 heavy (non-hydrogen) atoms. The normalized spacial score (nSPS) is 24.3. The van der Waals surface area contributed by atoms with Crippen LogP contribution in [0.2, 0.25) is 0 Å². The average molecular weight is 491 g/mol. The number of Topliss-reactive ketones (excluding diaryl/α,β-unsaturated/α-hetero) is 2. The Morgan fingerprint density at radius 2 is 1.22 bits per heavy atom. The Kier molecular flexibility index (Phi) is 7.39. The maximum Gasteiger partial charge on any atom is 0.339 e. The van der Waals surface area contributed by atoms with Crippen LogP contribution in [0, 0.1) is 6.10 Å². The number of carbonyl (C=O) groups excluding carboxylic acids is 3. The summed E-state index contributed by atoms with van der Waals surface area (Å²) in [7, 11) is 0. The predicted octanol–water partition coefficient (Wildman–Crippen LogP) is 1.31. The lowest BCUT2D eigenvalue weighted by Crippen LogP contribution is -2.70. The van der Waals surface area contributed by atoms with E-state index >= 15 is 0 Å². The molecule has 3 aromatic carbocycles. The molecule has 3 aromatic rings. The Labute approximate surface area is 206 Å². The van der Waals surface area contributed by atoms with Crippen LogP contribution in [-0.4, -0.2) is 68.2 Å². The van der Waals surface area contributed by atoms with Gasteiger partial charge in [-0.25, -0.2) is 4.79 Å². The van der Waals surface area contributed by atoms with Crippen molar-refractivity contribution in [2.75, 3.05) is 0 Å². The Hall–Kier alpha value is -3.73. The van der Waals surface area contributed by atoms with Gasteiger partial charge in [0.05, 0.1) is 5.56 Å². The van der Waals surface area contributed by atoms with Crippen molar-refractivity contribution in [3.8, 4) is 0 Å². The summed E-state index contributed by atoms with van der Waals surface area (Å²) in [4.78, 5) is 40.7. The molecule has 0 spiro atoms. The van der Waals surface area contributed by atoms with Gasteiger partial charge in [0.2, 0.25) is 23.3 Å². The summed E-state index contributed by atoms with van der Waals surface area (Å²) in [6.45, 7) is 0. The van der Waals surface area contributed by atoms with Crippen molar-refractivity contribution in [2.24, 2.45) is 0 Å². The largest absolute Gasteiger partial charge is 0.440 e. The number of benzene rings is 3. The first kappa shape index (κ1) is 25.4. The summed E-state index contributed by atoms with van der Waals surface area (Å²) in [6, 6.07) is 22.5. The lowest BCUT2D eigenvalue weighted by atomic mass is 9.74. The molecule has 0 aliphatic carbocycles. The lowest BCUT2D eigenvalue weighted by Gasteiger charge is -2.48. The standard InChI is InChI=1S/C27H23O9/c28-19(16-10-4-1-5-11-16)24-27(22(30)17-12-6-2-7-13-17,23(31)20(29)21(35-24)25(32)33)36-26(34)18-14-8-3-9-15-18/h1-15,20-21,23,25,29,31-33H/t20-,21+,23+,27-/m1/s1. The van der Waals surface area contributed by atoms with Crippen molar-refractivity contribution in [3.05, 3.63) is 114 Å². The molecule has 0 bridgehead atoms. The van der Waals surface area contributed by atoms with Crippen LogP contribution in [0.15, 0.2) is 91.0 Å². The second-order valence-corrected chi connectivity index (χ2v) is 8.14. The molecule has 9 heteroatoms. The summed E-state index contributed by atoms with van der Waals surface area (Å²) < 4.78 is 11.1. The number of hydrogen-bond acceptors (Lipinski definition) is 9. The van der Waals surface area contributed by atoms with Crippen LogP contribution in [-0.2, 0) is 9.47 Å². The number of hydrogen-bond donors (Lipinski definition) is 4. The Morgan fingerprint density at radius 3 is 1.72 bits per heavy atom. The predicted molar refractivity (Wildman–Crippen MR) is 124 cm³/mol. The fraction of sp³-hybridized carbons (Fsp3) is 0.185. The summed E-state index contributed by atoms with van der Waals surface area (Å²) in [5.74, 6) is -3.10. The number of ether oxygens (including phenoxy) is 2. The van der Waals surface area contributed by atoms with Crippen LogP contribution in [0.25, 0.3) is 0 Å². The van der Waals surface area contributed by atoms with Crippen molar-refractivity contribution in [1.29, 1.82) is 0 Å². The van der Waals surface area contributed by atoms with Crippen LogP contribution in [0.4, 0.5) is 0 Å². The van der Waals surface area contributed by atoms with E-state index < -0.39 is 53.8 Å². The molecule has 4 atom stereocenters. The topological polar surface area (TPSA) is 151 Å². The number of ketones is 2. The van der Waals surface area contributed by atoms with Crippen LogP contribution in [0.3, 0.4) is 0 Å². The van der Waals surface area contributed by atoms with Gasteiger partial charge < -0.3 is 29.9 Å². The average Bonchev–Trinajstić information content (AvgIpc) is 2.91. The Bertz CT molecular complexity index is 1210. The number of aliphatic hydroxyl groups is 4. The number of rotatable bonds is 7. The smallest absolute Gasteiger partial charge is 0.339 e. The van der Waals surface area contributed by atoms with Gasteiger partial charge in [0.15, 0.2) is 6.29 Å². The van der Waals surface area contributed by atoms with E-state index in [0.29, 0.717) is 0 Å². The first-order valence-corrected chi connectivity index (χ1v) is 11.0. The third-order valence-electron chi connectivity index (χ3n) is 5.84. The summed E-state index contributed by atoms with van der Waals surface area (Å²) in [5.41, 5.74) is -2.92. The fourth-order valence-electron chi connectivity index (χ4n) is 4.00. The molecule has 185 valence electrons. The van der Waals surface area contributed by atoms with Gasteiger partial charge in [0.1, 0.15) is 18.3 Å². The molecule has 4 rings (SSSR count). The van der Waals surface area contributed by atoms with Crippen LogP contribution >= 0.6 is 0 Å². The molecular formula is C27H23O9. The summed E-state index contributed by atoms with van der Waals surface area (Å²) in [5, 5.41) is 41.5. The molecule has 0 unspecified atom stereocenters. The molecule has 9 nitrogen and oxygen atoms in total. The van der Waals surface area contributed by atoms with E-state index in [1.54, 1.807) is 30.3 Å². The Balaban J connectivity index is 1.92. The van der Waals surface area contributed by atoms with Gasteiger partial charge in [-0.05, 0) is 12.1 Å². The molecule has 1 radical (unpaired) electrons. The fourth-order valence-corrected chi connectivity index (χ4v) is 4.00. The van der Waals surface area contributed by atoms with Crippen molar-refractivity contribution in [2.45, 2.75) is 30.2 Å². The monoisotopic (exact) mass is 491 g/mol. The van der Waals surface area contributed by atoms with Gasteiger partial charge in [-0.1, -0.05) is 78.9 Å². The molecule has 1 fully saturated rings. The molecule has 1 heterocycles. The molecule has 0 saturated carbocycles. The maximum atomic E-state index is 13.9. The minimum atomic E-state index is -2.86. The first-order valence-electron chi connectivity index (χ1n) is 11.0. The highest BCUT2D eigenvalue weighted by Crippen LogP contribution is 2.43. The Morgan fingerprint density at radius 1 is 0.750 bits per heavy atom. The quantitative estimate of drug-likeness (QED) is 0.218. The number of carbonyl (C=O) groups is 3. The van der Waals surface area contributed by atoms with E-state index in [-0.39, 0.29) is 16.7 Å². The number of aliphatic hydroxyl groups excluding tert-OH is 3. The SMILES string of the molecule is O=C(O[C@@]1(C(=O)c2ccccc2)[C](C(=O)c2ccccc2)O[C@H](C(O)O)[C@@H](O)[C@@H]1O)c1ccccc1. The van der Waals surface area contributed by atoms with Gasteiger partial charge in [0.25, 0.3) is 0 Å². The van der Waals surface area contributed by atoms with Crippen molar-refractivity contribution < 1.29 is 44.3 Å². The maximum absolute atomic E-state index is 13.9. The van der Waals surface area contributed by atoms with Crippen molar-refractivity contribution in [1.82, 2.24) is 0 Å².